The van der Waals surface area contributed by atoms with E-state index in [0.717, 1.165) is 30.2 Å². The summed E-state index contributed by atoms with van der Waals surface area (Å²) in [5.41, 5.74) is 2.36. The molecule has 1 aliphatic heterocycles. The van der Waals surface area contributed by atoms with Crippen molar-refractivity contribution in [3.8, 4) is 0 Å². The lowest BCUT2D eigenvalue weighted by Crippen LogP contribution is -2.35. The Labute approximate surface area is 125 Å². The van der Waals surface area contributed by atoms with Gasteiger partial charge in [0.05, 0.1) is 10.7 Å². The van der Waals surface area contributed by atoms with Crippen molar-refractivity contribution >= 4 is 17.7 Å². The smallest absolute Gasteiger partial charge is 0.222 e. The van der Waals surface area contributed by atoms with Gasteiger partial charge in [0.2, 0.25) is 5.91 Å². The first kappa shape index (κ1) is 15.3. The minimum Gasteiger partial charge on any atom is -0.346 e. The van der Waals surface area contributed by atoms with Gasteiger partial charge in [-0.1, -0.05) is 6.07 Å². The van der Waals surface area contributed by atoms with Crippen molar-refractivity contribution in [3.63, 3.8) is 0 Å². The fourth-order valence-electron chi connectivity index (χ4n) is 2.61. The highest BCUT2D eigenvalue weighted by Gasteiger charge is 2.26. The van der Waals surface area contributed by atoms with Gasteiger partial charge in [-0.15, -0.1) is 11.8 Å². The average molecular weight is 293 g/mol. The number of piperidine rings is 1. The van der Waals surface area contributed by atoms with Crippen LogP contribution in [0, 0.1) is 0 Å². The van der Waals surface area contributed by atoms with Crippen LogP contribution in [0.5, 0.6) is 0 Å². The van der Waals surface area contributed by atoms with E-state index in [4.69, 9.17) is 4.98 Å². The number of likely N-dealkylation sites (tertiary alicyclic amines) is 1. The number of carbonyl (C=O) groups is 1. The first-order valence-electron chi connectivity index (χ1n) is 6.93. The summed E-state index contributed by atoms with van der Waals surface area (Å²) in [6.07, 6.45) is 3.68. The van der Waals surface area contributed by atoms with Gasteiger partial charge in [0.1, 0.15) is 0 Å². The van der Waals surface area contributed by atoms with Crippen molar-refractivity contribution in [2.24, 2.45) is 0 Å². The molecule has 0 N–H and O–H groups in total. The molecule has 110 valence electrons. The molecule has 2 rings (SSSR count). The summed E-state index contributed by atoms with van der Waals surface area (Å²) < 4.78 is 0. The Kier molecular flexibility index (Phi) is 5.05. The van der Waals surface area contributed by atoms with E-state index in [-0.39, 0.29) is 5.91 Å². The summed E-state index contributed by atoms with van der Waals surface area (Å²) in [5, 5.41) is 1.05. The topological polar surface area (TPSA) is 36.4 Å². The van der Waals surface area contributed by atoms with Gasteiger partial charge in [0.15, 0.2) is 0 Å². The van der Waals surface area contributed by atoms with Crippen LogP contribution in [0.15, 0.2) is 17.2 Å². The number of hydrogen-bond acceptors (Lipinski definition) is 4. The van der Waals surface area contributed by atoms with Crippen LogP contribution in [0.1, 0.15) is 30.0 Å². The molecule has 0 aliphatic carbocycles. The maximum absolute atomic E-state index is 11.9. The number of carbonyl (C=O) groups excluding carboxylic acids is 1. The number of amides is 1. The highest BCUT2D eigenvalue weighted by atomic mass is 32.2. The zero-order valence-corrected chi connectivity index (χ0v) is 13.5. The van der Waals surface area contributed by atoms with Crippen LogP contribution in [0.4, 0.5) is 0 Å². The molecule has 1 aliphatic rings. The fraction of sp³-hybridized carbons (Fsp3) is 0.600. The van der Waals surface area contributed by atoms with Crippen LogP contribution < -0.4 is 0 Å². The molecule has 0 saturated carbocycles. The Hall–Kier alpha value is -1.07. The molecule has 1 fully saturated rings. The van der Waals surface area contributed by atoms with Gasteiger partial charge < -0.3 is 9.80 Å². The third-order valence-corrected chi connectivity index (χ3v) is 4.40. The van der Waals surface area contributed by atoms with Gasteiger partial charge in [-0.05, 0) is 44.3 Å². The van der Waals surface area contributed by atoms with Crippen molar-refractivity contribution in [1.82, 2.24) is 14.8 Å². The molecule has 1 aromatic heterocycles. The third kappa shape index (κ3) is 3.52. The maximum atomic E-state index is 11.9. The van der Waals surface area contributed by atoms with Crippen LogP contribution in [0.2, 0.25) is 0 Å². The minimum absolute atomic E-state index is 0.242. The number of hydrogen-bond donors (Lipinski definition) is 0. The number of thioether (sulfide) groups is 1. The molecular weight excluding hydrogens is 270 g/mol. The van der Waals surface area contributed by atoms with Gasteiger partial charge in [-0.3, -0.25) is 4.79 Å². The molecule has 2 heterocycles. The van der Waals surface area contributed by atoms with E-state index in [1.54, 1.807) is 11.8 Å². The monoisotopic (exact) mass is 293 g/mol. The number of pyridine rings is 1. The summed E-state index contributed by atoms with van der Waals surface area (Å²) in [7, 11) is 5.99. The molecule has 0 unspecified atom stereocenters. The Morgan fingerprint density at radius 3 is 2.80 bits per heavy atom. The predicted octanol–water partition coefficient (Wildman–Crippen LogP) is 2.20. The maximum Gasteiger partial charge on any atom is 0.222 e. The summed E-state index contributed by atoms with van der Waals surface area (Å²) in [4.78, 5) is 20.6. The van der Waals surface area contributed by atoms with Crippen LogP contribution in [-0.4, -0.2) is 54.6 Å². The lowest BCUT2D eigenvalue weighted by molar-refractivity contribution is -0.132. The van der Waals surface area contributed by atoms with E-state index in [1.165, 1.54) is 5.56 Å². The molecular formula is C15H23N3OS. The van der Waals surface area contributed by atoms with Crippen LogP contribution >= 0.6 is 11.8 Å². The van der Waals surface area contributed by atoms with Crippen molar-refractivity contribution < 1.29 is 4.79 Å². The van der Waals surface area contributed by atoms with Crippen molar-refractivity contribution in [3.05, 3.63) is 23.4 Å². The highest BCUT2D eigenvalue weighted by molar-refractivity contribution is 7.98. The van der Waals surface area contributed by atoms with Gasteiger partial charge in [-0.2, -0.15) is 0 Å². The summed E-state index contributed by atoms with van der Waals surface area (Å²) in [6, 6.07) is 4.24. The molecule has 0 bridgehead atoms. The molecule has 20 heavy (non-hydrogen) atoms. The standard InChI is InChI=1S/C15H23N3OS/c1-17(2)10-13-12(5-6-14(16-13)20-4)11-7-8-18(3)15(19)9-11/h5-6,11H,7-10H2,1-4H3/t11-/m1/s1. The van der Waals surface area contributed by atoms with E-state index in [1.807, 2.05) is 18.2 Å². The number of nitrogens with zero attached hydrogens (tertiary/aromatic N) is 3. The van der Waals surface area contributed by atoms with Gasteiger partial charge in [0, 0.05) is 26.6 Å². The number of aromatic nitrogens is 1. The van der Waals surface area contributed by atoms with E-state index in [2.05, 4.69) is 31.1 Å². The largest absolute Gasteiger partial charge is 0.346 e. The third-order valence-electron chi connectivity index (χ3n) is 3.76. The summed E-state index contributed by atoms with van der Waals surface area (Å²) >= 11 is 1.66. The van der Waals surface area contributed by atoms with Crippen molar-refractivity contribution in [2.75, 3.05) is 33.9 Å². The van der Waals surface area contributed by atoms with Crippen LogP contribution in [0.25, 0.3) is 0 Å². The van der Waals surface area contributed by atoms with E-state index in [0.29, 0.717) is 12.3 Å². The molecule has 1 saturated heterocycles. The predicted molar refractivity (Wildman–Crippen MR) is 83.0 cm³/mol. The molecule has 1 atom stereocenters. The first-order valence-corrected chi connectivity index (χ1v) is 8.16. The minimum atomic E-state index is 0.242. The number of rotatable bonds is 4. The van der Waals surface area contributed by atoms with E-state index in [9.17, 15) is 4.79 Å². The van der Waals surface area contributed by atoms with Crippen molar-refractivity contribution in [2.45, 2.75) is 30.3 Å². The fourth-order valence-corrected chi connectivity index (χ4v) is 3.02. The van der Waals surface area contributed by atoms with E-state index < -0.39 is 0 Å². The second kappa shape index (κ2) is 6.59. The summed E-state index contributed by atoms with van der Waals surface area (Å²) in [5.74, 6) is 0.558. The molecule has 4 nitrogen and oxygen atoms in total. The van der Waals surface area contributed by atoms with Gasteiger partial charge in [-0.25, -0.2) is 4.98 Å². The molecule has 1 amide bonds. The normalized spacial score (nSPS) is 19.8. The zero-order valence-electron chi connectivity index (χ0n) is 12.7. The molecule has 0 spiro atoms. The SMILES string of the molecule is CSc1ccc([C@@H]2CCN(C)C(=O)C2)c(CN(C)C)n1. The second-order valence-electron chi connectivity index (χ2n) is 5.63. The quantitative estimate of drug-likeness (QED) is 0.798. The average Bonchev–Trinajstić information content (AvgIpc) is 2.41. The molecule has 1 aromatic rings. The lowest BCUT2D eigenvalue weighted by atomic mass is 9.88. The summed E-state index contributed by atoms with van der Waals surface area (Å²) in [6.45, 7) is 1.67. The Balaban J connectivity index is 2.27. The molecule has 0 radical (unpaired) electrons. The van der Waals surface area contributed by atoms with Crippen molar-refractivity contribution in [1.29, 1.82) is 0 Å². The highest BCUT2D eigenvalue weighted by Crippen LogP contribution is 2.31. The second-order valence-corrected chi connectivity index (χ2v) is 6.46. The zero-order chi connectivity index (χ0) is 14.7. The van der Waals surface area contributed by atoms with Crippen LogP contribution in [0.3, 0.4) is 0 Å². The van der Waals surface area contributed by atoms with Gasteiger partial charge in [0.25, 0.3) is 0 Å². The molecule has 5 heteroatoms. The first-order chi connectivity index (χ1) is 9.51. The van der Waals surface area contributed by atoms with Gasteiger partial charge >= 0.3 is 0 Å². The molecule has 0 aromatic carbocycles. The Morgan fingerprint density at radius 1 is 1.45 bits per heavy atom. The van der Waals surface area contributed by atoms with Crippen LogP contribution in [-0.2, 0) is 11.3 Å². The Morgan fingerprint density at radius 2 is 2.20 bits per heavy atom. The lowest BCUT2D eigenvalue weighted by Gasteiger charge is -2.30. The Bertz CT molecular complexity index is 490. The van der Waals surface area contributed by atoms with E-state index >= 15 is 0 Å².